The molecule has 6 heteroatoms. The van der Waals surface area contributed by atoms with Gasteiger partial charge >= 0.3 is 5.97 Å². The maximum absolute atomic E-state index is 13.5. The summed E-state index contributed by atoms with van der Waals surface area (Å²) < 4.78 is 34.2. The molecule has 1 heterocycles. The minimum atomic E-state index is -3.71. The van der Waals surface area contributed by atoms with Crippen molar-refractivity contribution in [2.45, 2.75) is 24.8 Å². The second-order valence-corrected chi connectivity index (χ2v) is 10.2. The molecule has 1 aliphatic heterocycles. The molecule has 0 saturated carbocycles. The normalized spacial score (nSPS) is 18.8. The van der Waals surface area contributed by atoms with Crippen molar-refractivity contribution in [3.63, 3.8) is 0 Å². The molecule has 3 aromatic rings. The number of sulfonamides is 1. The summed E-state index contributed by atoms with van der Waals surface area (Å²) in [4.78, 5) is 12.3. The van der Waals surface area contributed by atoms with Gasteiger partial charge in [-0.15, -0.1) is 0 Å². The minimum Gasteiger partial charge on any atom is -0.457 e. The number of benzene rings is 3. The molecule has 170 valence electrons. The van der Waals surface area contributed by atoms with Gasteiger partial charge in [0.25, 0.3) is 0 Å². The average Bonchev–Trinajstić information content (AvgIpc) is 3.23. The summed E-state index contributed by atoms with van der Waals surface area (Å²) in [5, 5.41) is 0. The molecule has 33 heavy (non-hydrogen) atoms. The van der Waals surface area contributed by atoms with E-state index in [4.69, 9.17) is 4.74 Å². The molecule has 2 atom stereocenters. The van der Waals surface area contributed by atoms with E-state index in [1.165, 1.54) is 11.2 Å². The molecule has 1 fully saturated rings. The standard InChI is InChI=1S/C27H27NO4S/c1-20-13-15-25(16-14-20)33(30,31)28-18-24(17-22-9-5-3-6-10-22)26(19-28)27(32-21(2)29)23-11-7-4-8-12-23/h3-17,26-27H,18-19H2,1-2H3/t26-,27+/m1/s1. The first-order valence-corrected chi connectivity index (χ1v) is 12.3. The molecule has 1 saturated heterocycles. The van der Waals surface area contributed by atoms with Crippen LogP contribution in [0.4, 0.5) is 0 Å². The van der Waals surface area contributed by atoms with Gasteiger partial charge in [0.15, 0.2) is 0 Å². The summed E-state index contributed by atoms with van der Waals surface area (Å²) in [6.45, 7) is 3.76. The number of rotatable bonds is 6. The van der Waals surface area contributed by atoms with Gasteiger partial charge in [0.05, 0.1) is 4.90 Å². The summed E-state index contributed by atoms with van der Waals surface area (Å²) in [6.07, 6.45) is 1.42. The highest BCUT2D eigenvalue weighted by Crippen LogP contribution is 2.39. The average molecular weight is 462 g/mol. The molecule has 0 unspecified atom stereocenters. The zero-order chi connectivity index (χ0) is 23.4. The van der Waals surface area contributed by atoms with Crippen molar-refractivity contribution in [2.75, 3.05) is 13.1 Å². The first-order valence-electron chi connectivity index (χ1n) is 10.9. The summed E-state index contributed by atoms with van der Waals surface area (Å²) >= 11 is 0. The Bertz CT molecular complexity index is 1240. The van der Waals surface area contributed by atoms with Gasteiger partial charge in [0, 0.05) is 25.9 Å². The second-order valence-electron chi connectivity index (χ2n) is 8.29. The van der Waals surface area contributed by atoms with E-state index >= 15 is 0 Å². The monoisotopic (exact) mass is 461 g/mol. The van der Waals surface area contributed by atoms with Gasteiger partial charge < -0.3 is 4.74 Å². The molecule has 5 nitrogen and oxygen atoms in total. The first-order chi connectivity index (χ1) is 15.8. The predicted molar refractivity (Wildman–Crippen MR) is 129 cm³/mol. The molecule has 1 aliphatic rings. The van der Waals surface area contributed by atoms with Crippen LogP contribution in [0.3, 0.4) is 0 Å². The quantitative estimate of drug-likeness (QED) is 0.485. The number of hydrogen-bond acceptors (Lipinski definition) is 4. The number of carbonyl (C=O) groups is 1. The fraction of sp³-hybridized carbons (Fsp3) is 0.222. The van der Waals surface area contributed by atoms with Crippen molar-refractivity contribution in [1.29, 1.82) is 0 Å². The molecule has 0 spiro atoms. The Hall–Kier alpha value is -3.22. The molecule has 0 radical (unpaired) electrons. The van der Waals surface area contributed by atoms with E-state index in [1.807, 2.05) is 73.7 Å². The number of esters is 1. The van der Waals surface area contributed by atoms with Crippen LogP contribution in [0.2, 0.25) is 0 Å². The van der Waals surface area contributed by atoms with Crippen LogP contribution in [-0.2, 0) is 19.6 Å². The number of nitrogens with zero attached hydrogens (tertiary/aromatic N) is 1. The molecule has 0 aliphatic carbocycles. The maximum Gasteiger partial charge on any atom is 0.303 e. The number of carbonyl (C=O) groups excluding carboxylic acids is 1. The van der Waals surface area contributed by atoms with Crippen LogP contribution in [0, 0.1) is 12.8 Å². The zero-order valence-corrected chi connectivity index (χ0v) is 19.5. The van der Waals surface area contributed by atoms with Gasteiger partial charge in [-0.3, -0.25) is 4.79 Å². The van der Waals surface area contributed by atoms with Crippen molar-refractivity contribution in [1.82, 2.24) is 4.31 Å². The number of hydrogen-bond donors (Lipinski definition) is 0. The molecule has 3 aromatic carbocycles. The third kappa shape index (κ3) is 5.24. The lowest BCUT2D eigenvalue weighted by molar-refractivity contribution is -0.148. The second kappa shape index (κ2) is 9.73. The van der Waals surface area contributed by atoms with Crippen molar-refractivity contribution in [3.05, 3.63) is 107 Å². The van der Waals surface area contributed by atoms with Crippen LogP contribution in [-0.4, -0.2) is 31.8 Å². The van der Waals surface area contributed by atoms with Crippen LogP contribution in [0.1, 0.15) is 29.7 Å². The SMILES string of the molecule is CC(=O)O[C@@H](c1ccccc1)[C@@H]1CN(S(=O)(=O)c2ccc(C)cc2)CC1=Cc1ccccc1. The van der Waals surface area contributed by atoms with Crippen molar-refractivity contribution in [2.24, 2.45) is 5.92 Å². The minimum absolute atomic E-state index is 0.224. The van der Waals surface area contributed by atoms with E-state index in [-0.39, 0.29) is 23.9 Å². The summed E-state index contributed by atoms with van der Waals surface area (Å²) in [5.41, 5.74) is 3.72. The Balaban J connectivity index is 1.76. The molecule has 0 amide bonds. The van der Waals surface area contributed by atoms with Crippen LogP contribution >= 0.6 is 0 Å². The Labute approximate surface area is 195 Å². The molecular weight excluding hydrogens is 434 g/mol. The lowest BCUT2D eigenvalue weighted by atomic mass is 9.90. The molecule has 4 rings (SSSR count). The predicted octanol–water partition coefficient (Wildman–Crippen LogP) is 5.00. The smallest absolute Gasteiger partial charge is 0.303 e. The summed E-state index contributed by atoms with van der Waals surface area (Å²) in [6, 6.07) is 26.1. The number of aryl methyl sites for hydroxylation is 1. The Morgan fingerprint density at radius 3 is 2.18 bits per heavy atom. The summed E-state index contributed by atoms with van der Waals surface area (Å²) in [7, 11) is -3.71. The fourth-order valence-electron chi connectivity index (χ4n) is 4.17. The van der Waals surface area contributed by atoms with E-state index in [0.29, 0.717) is 0 Å². The van der Waals surface area contributed by atoms with E-state index in [2.05, 4.69) is 0 Å². The van der Waals surface area contributed by atoms with Gasteiger partial charge in [-0.25, -0.2) is 8.42 Å². The van der Waals surface area contributed by atoms with Crippen LogP contribution in [0.15, 0.2) is 95.4 Å². The van der Waals surface area contributed by atoms with E-state index in [9.17, 15) is 13.2 Å². The van der Waals surface area contributed by atoms with E-state index in [0.717, 1.165) is 22.3 Å². The van der Waals surface area contributed by atoms with Gasteiger partial charge in [0.2, 0.25) is 10.0 Å². The summed E-state index contributed by atoms with van der Waals surface area (Å²) in [5.74, 6) is -0.709. The van der Waals surface area contributed by atoms with Crippen molar-refractivity contribution >= 4 is 22.1 Å². The topological polar surface area (TPSA) is 63.7 Å². The zero-order valence-electron chi connectivity index (χ0n) is 18.7. The van der Waals surface area contributed by atoms with Crippen LogP contribution in [0.25, 0.3) is 6.08 Å². The molecule has 0 N–H and O–H groups in total. The van der Waals surface area contributed by atoms with E-state index in [1.54, 1.807) is 24.3 Å². The Kier molecular flexibility index (Phi) is 6.77. The van der Waals surface area contributed by atoms with Crippen LogP contribution < -0.4 is 0 Å². The van der Waals surface area contributed by atoms with Crippen molar-refractivity contribution < 1.29 is 17.9 Å². The lowest BCUT2D eigenvalue weighted by Gasteiger charge is -2.25. The molecular formula is C27H27NO4S. The third-order valence-corrected chi connectivity index (χ3v) is 7.66. The lowest BCUT2D eigenvalue weighted by Crippen LogP contribution is -2.30. The highest BCUT2D eigenvalue weighted by atomic mass is 32.2. The highest BCUT2D eigenvalue weighted by molar-refractivity contribution is 7.89. The largest absolute Gasteiger partial charge is 0.457 e. The number of ether oxygens (including phenoxy) is 1. The highest BCUT2D eigenvalue weighted by Gasteiger charge is 2.41. The van der Waals surface area contributed by atoms with Gasteiger partial charge in [-0.2, -0.15) is 4.31 Å². The fourth-order valence-corrected chi connectivity index (χ4v) is 5.63. The van der Waals surface area contributed by atoms with Gasteiger partial charge in [-0.05, 0) is 35.8 Å². The van der Waals surface area contributed by atoms with Crippen molar-refractivity contribution in [3.8, 4) is 0 Å². The molecule has 0 bridgehead atoms. The third-order valence-electron chi connectivity index (χ3n) is 5.83. The first kappa shape index (κ1) is 23.0. The van der Waals surface area contributed by atoms with Crippen LogP contribution in [0.5, 0.6) is 0 Å². The van der Waals surface area contributed by atoms with E-state index < -0.39 is 22.1 Å². The van der Waals surface area contributed by atoms with Gasteiger partial charge in [0.1, 0.15) is 6.10 Å². The Morgan fingerprint density at radius 2 is 1.58 bits per heavy atom. The Morgan fingerprint density at radius 1 is 0.970 bits per heavy atom. The molecule has 0 aromatic heterocycles. The van der Waals surface area contributed by atoms with Gasteiger partial charge in [-0.1, -0.05) is 84.4 Å². The maximum atomic E-state index is 13.5.